The van der Waals surface area contributed by atoms with E-state index >= 15 is 0 Å². The van der Waals surface area contributed by atoms with E-state index in [-0.39, 0.29) is 5.04 Å². The van der Waals surface area contributed by atoms with Crippen molar-refractivity contribution < 1.29 is 4.43 Å². The highest BCUT2D eigenvalue weighted by Gasteiger charge is 2.40. The fourth-order valence-corrected chi connectivity index (χ4v) is 7.50. The van der Waals surface area contributed by atoms with Crippen LogP contribution in [0.2, 0.25) is 37.3 Å². The van der Waals surface area contributed by atoms with E-state index in [1.54, 1.807) is 5.19 Å². The van der Waals surface area contributed by atoms with Crippen molar-refractivity contribution in [1.82, 2.24) is 0 Å². The van der Waals surface area contributed by atoms with E-state index in [0.29, 0.717) is 6.10 Å². The molecule has 28 heavy (non-hydrogen) atoms. The normalized spacial score (nSPS) is 18.5. The van der Waals surface area contributed by atoms with Crippen LogP contribution in [0.15, 0.2) is 42.5 Å². The van der Waals surface area contributed by atoms with Gasteiger partial charge < -0.3 is 4.43 Å². The second kappa shape index (κ2) is 9.91. The molecular weight excluding hydrogens is 372 g/mol. The molecule has 1 aromatic rings. The smallest absolute Gasteiger partial charge is 0.192 e. The van der Waals surface area contributed by atoms with E-state index in [9.17, 15) is 0 Å². The quantitative estimate of drug-likeness (QED) is 0.314. The molecule has 1 fully saturated rings. The molecule has 1 nitrogen and oxygen atoms in total. The summed E-state index contributed by atoms with van der Waals surface area (Å²) in [7, 11) is -3.11. The van der Waals surface area contributed by atoms with Gasteiger partial charge in [-0.25, -0.2) is 0 Å². The van der Waals surface area contributed by atoms with E-state index in [1.807, 2.05) is 0 Å². The van der Waals surface area contributed by atoms with Crippen molar-refractivity contribution >= 4 is 21.6 Å². The van der Waals surface area contributed by atoms with Gasteiger partial charge in [-0.1, -0.05) is 101 Å². The van der Waals surface area contributed by atoms with Crippen LogP contribution in [0.1, 0.15) is 59.3 Å². The average molecular weight is 417 g/mol. The first-order valence-corrected chi connectivity index (χ1v) is 17.5. The third-order valence-electron chi connectivity index (χ3n) is 7.15. The lowest BCUT2D eigenvalue weighted by atomic mass is 9.84. The van der Waals surface area contributed by atoms with Crippen LogP contribution < -0.4 is 5.19 Å². The van der Waals surface area contributed by atoms with Crippen LogP contribution in [0, 0.1) is 5.92 Å². The molecule has 0 amide bonds. The van der Waals surface area contributed by atoms with Crippen LogP contribution in [0.3, 0.4) is 0 Å². The van der Waals surface area contributed by atoms with Crippen molar-refractivity contribution in [3.63, 3.8) is 0 Å². The zero-order valence-electron chi connectivity index (χ0n) is 19.6. The molecule has 0 bridgehead atoms. The predicted octanol–water partition coefficient (Wildman–Crippen LogP) is 7.52. The Hall–Kier alpha value is -0.646. The molecule has 0 saturated heterocycles. The molecular formula is C25H44OSi2. The third-order valence-corrected chi connectivity index (χ3v) is 14.8. The zero-order valence-corrected chi connectivity index (χ0v) is 21.6. The summed E-state index contributed by atoms with van der Waals surface area (Å²) in [6, 6.07) is 12.3. The first-order chi connectivity index (χ1) is 13.0. The van der Waals surface area contributed by atoms with E-state index in [0.717, 1.165) is 12.3 Å². The lowest BCUT2D eigenvalue weighted by molar-refractivity contribution is 0.0959. The van der Waals surface area contributed by atoms with Gasteiger partial charge in [0.1, 0.15) is 0 Å². The summed E-state index contributed by atoms with van der Waals surface area (Å²) in [5, 5.41) is 1.84. The van der Waals surface area contributed by atoms with Gasteiger partial charge in [-0.3, -0.25) is 0 Å². The number of benzene rings is 1. The van der Waals surface area contributed by atoms with Gasteiger partial charge in [-0.05, 0) is 49.4 Å². The van der Waals surface area contributed by atoms with E-state index in [2.05, 4.69) is 89.4 Å². The van der Waals surface area contributed by atoms with Gasteiger partial charge in [0.05, 0.1) is 14.2 Å². The highest BCUT2D eigenvalue weighted by Crippen LogP contribution is 2.40. The number of hydrogen-bond donors (Lipinski definition) is 0. The Morgan fingerprint density at radius 2 is 1.57 bits per heavy atom. The summed E-state index contributed by atoms with van der Waals surface area (Å²) in [6.07, 6.45) is 13.3. The topological polar surface area (TPSA) is 9.23 Å². The molecule has 1 aliphatic rings. The van der Waals surface area contributed by atoms with Gasteiger partial charge in [0.25, 0.3) is 0 Å². The van der Waals surface area contributed by atoms with Crippen LogP contribution in [0.4, 0.5) is 0 Å². The van der Waals surface area contributed by atoms with Crippen molar-refractivity contribution in [2.75, 3.05) is 0 Å². The van der Waals surface area contributed by atoms with Crippen molar-refractivity contribution in [3.05, 3.63) is 42.5 Å². The van der Waals surface area contributed by atoms with Gasteiger partial charge in [0.15, 0.2) is 8.32 Å². The maximum atomic E-state index is 6.96. The van der Waals surface area contributed by atoms with Crippen molar-refractivity contribution in [3.8, 4) is 0 Å². The Morgan fingerprint density at radius 3 is 2.14 bits per heavy atom. The Labute approximate surface area is 177 Å². The van der Waals surface area contributed by atoms with Gasteiger partial charge >= 0.3 is 0 Å². The average Bonchev–Trinajstić information content (AvgIpc) is 2.64. The standard InChI is InChI=1S/C25H44OSi2/c1-25(2,3)28(6,7)26-24(22-16-10-8-11-17-22)20-14-15-21-27(4,5)23-18-12-9-13-19-23/h9,12-15,18-19,22,24H,8,10-11,16-17,20-21H2,1-7H3/b15-14+. The summed E-state index contributed by atoms with van der Waals surface area (Å²) >= 11 is 0. The molecule has 1 atom stereocenters. The van der Waals surface area contributed by atoms with Crippen LogP contribution in [-0.2, 0) is 4.43 Å². The molecule has 2 rings (SSSR count). The van der Waals surface area contributed by atoms with Gasteiger partial charge in [-0.2, -0.15) is 0 Å². The van der Waals surface area contributed by atoms with Crippen molar-refractivity contribution in [1.29, 1.82) is 0 Å². The Balaban J connectivity index is 2.02. The first kappa shape index (κ1) is 23.6. The molecule has 1 saturated carbocycles. The summed E-state index contributed by atoms with van der Waals surface area (Å²) in [4.78, 5) is 0. The molecule has 158 valence electrons. The number of rotatable bonds is 8. The summed E-state index contributed by atoms with van der Waals surface area (Å²) in [6.45, 7) is 16.9. The van der Waals surface area contributed by atoms with Crippen molar-refractivity contribution in [2.45, 2.75) is 103 Å². The SMILES string of the molecule is CC(C)(C)[Si](C)(C)OC(C/C=C/C[Si](C)(C)c1ccccc1)C1CCCCC1. The largest absolute Gasteiger partial charge is 0.413 e. The minimum absolute atomic E-state index is 0.284. The number of hydrogen-bond acceptors (Lipinski definition) is 1. The van der Waals surface area contributed by atoms with Gasteiger partial charge in [0, 0.05) is 0 Å². The fourth-order valence-electron chi connectivity index (χ4n) is 4.01. The second-order valence-corrected chi connectivity index (χ2v) is 20.5. The first-order valence-electron chi connectivity index (χ1n) is 11.4. The molecule has 0 aromatic heterocycles. The lowest BCUT2D eigenvalue weighted by Gasteiger charge is -2.42. The molecule has 0 spiro atoms. The Kier molecular flexibility index (Phi) is 8.36. The monoisotopic (exact) mass is 416 g/mol. The van der Waals surface area contributed by atoms with E-state index in [1.165, 1.54) is 38.1 Å². The fraction of sp³-hybridized carbons (Fsp3) is 0.680. The van der Waals surface area contributed by atoms with Crippen molar-refractivity contribution in [2.24, 2.45) is 5.92 Å². The molecule has 0 radical (unpaired) electrons. The molecule has 1 aliphatic carbocycles. The molecule has 1 aromatic carbocycles. The molecule has 0 heterocycles. The maximum absolute atomic E-state index is 6.96. The second-order valence-electron chi connectivity index (χ2n) is 11.0. The number of allylic oxidation sites excluding steroid dienone is 1. The highest BCUT2D eigenvalue weighted by molar-refractivity contribution is 6.90. The van der Waals surface area contributed by atoms with Gasteiger partial charge in [0.2, 0.25) is 0 Å². The van der Waals surface area contributed by atoms with Gasteiger partial charge in [-0.15, -0.1) is 0 Å². The minimum Gasteiger partial charge on any atom is -0.413 e. The van der Waals surface area contributed by atoms with Crippen LogP contribution in [-0.4, -0.2) is 22.5 Å². The summed E-state index contributed by atoms with van der Waals surface area (Å²) < 4.78 is 6.96. The van der Waals surface area contributed by atoms with E-state index < -0.39 is 16.4 Å². The minimum atomic E-state index is -1.73. The third kappa shape index (κ3) is 6.71. The van der Waals surface area contributed by atoms with E-state index in [4.69, 9.17) is 4.43 Å². The van der Waals surface area contributed by atoms with Crippen LogP contribution in [0.25, 0.3) is 0 Å². The summed E-state index contributed by atoms with van der Waals surface area (Å²) in [5.41, 5.74) is 0. The molecule has 0 N–H and O–H groups in total. The Bertz CT molecular complexity index is 607. The lowest BCUT2D eigenvalue weighted by Crippen LogP contribution is -2.46. The summed E-state index contributed by atoms with van der Waals surface area (Å²) in [5.74, 6) is 0.756. The highest BCUT2D eigenvalue weighted by atomic mass is 28.4. The predicted molar refractivity (Wildman–Crippen MR) is 131 cm³/mol. The van der Waals surface area contributed by atoms with Crippen LogP contribution in [0.5, 0.6) is 0 Å². The Morgan fingerprint density at radius 1 is 0.964 bits per heavy atom. The molecule has 3 heteroatoms. The van der Waals surface area contributed by atoms with Crippen LogP contribution >= 0.6 is 0 Å². The molecule has 1 unspecified atom stereocenters. The maximum Gasteiger partial charge on any atom is 0.192 e. The molecule has 0 aliphatic heterocycles. The zero-order chi connectivity index (χ0) is 20.8.